The van der Waals surface area contributed by atoms with E-state index < -0.39 is 59.1 Å². The first-order valence-corrected chi connectivity index (χ1v) is 11.1. The topological polar surface area (TPSA) is 105 Å². The van der Waals surface area contributed by atoms with Crippen LogP contribution >= 0.6 is 0 Å². The summed E-state index contributed by atoms with van der Waals surface area (Å²) in [6.45, 7) is 0. The summed E-state index contributed by atoms with van der Waals surface area (Å²) in [6, 6.07) is 7.66. The summed E-state index contributed by atoms with van der Waals surface area (Å²) in [5.41, 5.74) is -4.01. The van der Waals surface area contributed by atoms with E-state index in [2.05, 4.69) is 20.3 Å². The molecule has 222 valence electrons. The number of carboxylic acid groups (broad SMARTS) is 1. The zero-order chi connectivity index (χ0) is 31.5. The fourth-order valence-corrected chi connectivity index (χ4v) is 3.42. The number of aromatic nitrogens is 3. The Morgan fingerprint density at radius 1 is 0.786 bits per heavy atom. The normalized spacial score (nSPS) is 12.7. The highest BCUT2D eigenvalue weighted by molar-refractivity contribution is 5.94. The number of aliphatic carboxylic acids is 1. The molecule has 0 fully saturated rings. The minimum absolute atomic E-state index is 0.186. The number of fused-ring (bicyclic) bond motifs is 1. The molecule has 0 bridgehead atoms. The number of alkyl halides is 9. The van der Waals surface area contributed by atoms with Gasteiger partial charge in [0, 0.05) is 17.8 Å². The smallest absolute Gasteiger partial charge is 0.475 e. The van der Waals surface area contributed by atoms with Crippen molar-refractivity contribution in [3.63, 3.8) is 0 Å². The molecule has 0 radical (unpaired) electrons. The van der Waals surface area contributed by atoms with Crippen molar-refractivity contribution in [1.29, 1.82) is 0 Å². The van der Waals surface area contributed by atoms with Crippen molar-refractivity contribution in [2.75, 3.05) is 0 Å². The Bertz CT molecular complexity index is 1600. The number of pyridine rings is 3. The SMILES string of the molecule is O=C(N[C@@H](c1ccc(C(F)(F)F)c(F)c1)c1ncccc1C(F)(F)F)c1ccc2cccnc2n1.O=C(O)C(F)(F)F. The van der Waals surface area contributed by atoms with Crippen LogP contribution in [0.1, 0.15) is 38.9 Å². The zero-order valence-electron chi connectivity index (χ0n) is 20.3. The molecule has 2 N–H and O–H groups in total. The van der Waals surface area contributed by atoms with Crippen LogP contribution in [-0.2, 0) is 17.1 Å². The van der Waals surface area contributed by atoms with E-state index in [0.29, 0.717) is 23.6 Å². The third kappa shape index (κ3) is 7.67. The molecule has 0 saturated carbocycles. The predicted octanol–water partition coefficient (Wildman–Crippen LogP) is 6.35. The maximum Gasteiger partial charge on any atom is 0.490 e. The van der Waals surface area contributed by atoms with Crippen LogP contribution in [0.2, 0.25) is 0 Å². The molecule has 1 amide bonds. The van der Waals surface area contributed by atoms with Gasteiger partial charge in [0.25, 0.3) is 5.91 Å². The molecule has 17 heteroatoms. The molecule has 0 unspecified atom stereocenters. The molecule has 4 rings (SSSR count). The Balaban J connectivity index is 0.000000616. The van der Waals surface area contributed by atoms with Crippen molar-refractivity contribution in [2.45, 2.75) is 24.6 Å². The lowest BCUT2D eigenvalue weighted by atomic mass is 9.97. The highest BCUT2D eigenvalue weighted by Crippen LogP contribution is 2.37. The number of hydrogen-bond acceptors (Lipinski definition) is 5. The van der Waals surface area contributed by atoms with E-state index in [9.17, 15) is 48.7 Å². The van der Waals surface area contributed by atoms with E-state index >= 15 is 0 Å². The average Bonchev–Trinajstić information content (AvgIpc) is 2.90. The summed E-state index contributed by atoms with van der Waals surface area (Å²) in [7, 11) is 0. The maximum absolute atomic E-state index is 14.3. The quantitative estimate of drug-likeness (QED) is 0.262. The van der Waals surface area contributed by atoms with Crippen LogP contribution in [0, 0.1) is 5.82 Å². The lowest BCUT2D eigenvalue weighted by molar-refractivity contribution is -0.192. The van der Waals surface area contributed by atoms with Gasteiger partial charge >= 0.3 is 24.5 Å². The van der Waals surface area contributed by atoms with Gasteiger partial charge in [-0.3, -0.25) is 9.78 Å². The predicted molar refractivity (Wildman–Crippen MR) is 123 cm³/mol. The molecule has 0 aliphatic carbocycles. The summed E-state index contributed by atoms with van der Waals surface area (Å²) in [5, 5.41) is 10.0. The van der Waals surface area contributed by atoms with E-state index in [4.69, 9.17) is 9.90 Å². The van der Waals surface area contributed by atoms with Crippen LogP contribution < -0.4 is 5.32 Å². The molecule has 3 aromatic heterocycles. The first-order chi connectivity index (χ1) is 19.4. The number of hydrogen-bond donors (Lipinski definition) is 2. The van der Waals surface area contributed by atoms with Crippen molar-refractivity contribution in [3.05, 3.63) is 101 Å². The van der Waals surface area contributed by atoms with Gasteiger partial charge < -0.3 is 10.4 Å². The second kappa shape index (κ2) is 12.0. The first kappa shape index (κ1) is 31.7. The second-order valence-corrected chi connectivity index (χ2v) is 8.13. The number of rotatable bonds is 4. The van der Waals surface area contributed by atoms with Gasteiger partial charge in [-0.05, 0) is 54.1 Å². The fourth-order valence-electron chi connectivity index (χ4n) is 3.42. The summed E-state index contributed by atoms with van der Waals surface area (Å²) in [4.78, 5) is 33.6. The van der Waals surface area contributed by atoms with Gasteiger partial charge in [0.05, 0.1) is 22.9 Å². The van der Waals surface area contributed by atoms with Crippen LogP contribution in [0.15, 0.2) is 67.0 Å². The standard InChI is InChI=1S/C23H13F7N4O.C2HF3O2/c24-16-11-13(5-7-14(16)22(25,26)27)18(19-15(23(28,29)30)4-2-9-31-19)34-21(35)17-8-6-12-3-1-10-32-20(12)33-17;3-2(4,5)1(6)7/h1-11,18H,(H,34,35);(H,6,7)/t18-;/m0./s1. The number of carbonyl (C=O) groups is 2. The Kier molecular flexibility index (Phi) is 9.02. The molecule has 0 aliphatic heterocycles. The number of nitrogens with zero attached hydrogens (tertiary/aromatic N) is 3. The summed E-state index contributed by atoms with van der Waals surface area (Å²) in [6.07, 6.45) is -12.6. The van der Waals surface area contributed by atoms with Crippen molar-refractivity contribution < 1.29 is 58.6 Å². The molecule has 1 atom stereocenters. The Hall–Kier alpha value is -4.83. The van der Waals surface area contributed by atoms with Gasteiger partial charge in [-0.25, -0.2) is 19.2 Å². The average molecular weight is 608 g/mol. The first-order valence-electron chi connectivity index (χ1n) is 11.1. The van der Waals surface area contributed by atoms with Crippen LogP contribution in [-0.4, -0.2) is 38.1 Å². The number of carboxylic acids is 1. The third-order valence-corrected chi connectivity index (χ3v) is 5.26. The van der Waals surface area contributed by atoms with Crippen molar-refractivity contribution in [2.24, 2.45) is 0 Å². The van der Waals surface area contributed by atoms with Crippen LogP contribution in [0.4, 0.5) is 43.9 Å². The Morgan fingerprint density at radius 2 is 1.38 bits per heavy atom. The molecule has 0 aliphatic rings. The van der Waals surface area contributed by atoms with E-state index in [-0.39, 0.29) is 16.9 Å². The number of nitrogens with one attached hydrogen (secondary N) is 1. The van der Waals surface area contributed by atoms with E-state index in [0.717, 1.165) is 18.3 Å². The molecular formula is C25H14F10N4O3. The minimum atomic E-state index is -5.08. The third-order valence-electron chi connectivity index (χ3n) is 5.26. The number of carbonyl (C=O) groups excluding carboxylic acids is 1. The minimum Gasteiger partial charge on any atom is -0.475 e. The highest BCUT2D eigenvalue weighted by Gasteiger charge is 2.39. The summed E-state index contributed by atoms with van der Waals surface area (Å²) >= 11 is 0. The lowest BCUT2D eigenvalue weighted by Gasteiger charge is -2.23. The van der Waals surface area contributed by atoms with E-state index in [1.807, 2.05) is 0 Å². The van der Waals surface area contributed by atoms with Crippen LogP contribution in [0.3, 0.4) is 0 Å². The highest BCUT2D eigenvalue weighted by atomic mass is 19.4. The second-order valence-electron chi connectivity index (χ2n) is 8.13. The Labute approximate surface area is 227 Å². The summed E-state index contributed by atoms with van der Waals surface area (Å²) in [5.74, 6) is -5.44. The van der Waals surface area contributed by atoms with Crippen molar-refractivity contribution in [1.82, 2.24) is 20.3 Å². The molecule has 7 nitrogen and oxygen atoms in total. The Morgan fingerprint density at radius 3 is 1.95 bits per heavy atom. The number of amides is 1. The zero-order valence-corrected chi connectivity index (χ0v) is 20.3. The molecule has 4 aromatic rings. The molecule has 0 saturated heterocycles. The lowest BCUT2D eigenvalue weighted by Crippen LogP contribution is -2.32. The van der Waals surface area contributed by atoms with Gasteiger partial charge in [0.15, 0.2) is 5.65 Å². The van der Waals surface area contributed by atoms with Gasteiger partial charge in [-0.2, -0.15) is 39.5 Å². The largest absolute Gasteiger partial charge is 0.490 e. The monoisotopic (exact) mass is 608 g/mol. The summed E-state index contributed by atoms with van der Waals surface area (Å²) < 4.78 is 126. The van der Waals surface area contributed by atoms with Gasteiger partial charge in [-0.1, -0.05) is 6.07 Å². The van der Waals surface area contributed by atoms with Crippen molar-refractivity contribution >= 4 is 22.9 Å². The molecule has 42 heavy (non-hydrogen) atoms. The van der Waals surface area contributed by atoms with Crippen LogP contribution in [0.5, 0.6) is 0 Å². The van der Waals surface area contributed by atoms with Gasteiger partial charge in [-0.15, -0.1) is 0 Å². The van der Waals surface area contributed by atoms with Gasteiger partial charge in [0.2, 0.25) is 0 Å². The van der Waals surface area contributed by atoms with E-state index in [1.54, 1.807) is 12.1 Å². The van der Waals surface area contributed by atoms with Crippen molar-refractivity contribution in [3.8, 4) is 0 Å². The number of benzene rings is 1. The van der Waals surface area contributed by atoms with Crippen LogP contribution in [0.25, 0.3) is 11.0 Å². The fraction of sp³-hybridized carbons (Fsp3) is 0.160. The molecule has 1 aromatic carbocycles. The maximum atomic E-state index is 14.3. The molecule has 3 heterocycles. The molecular weight excluding hydrogens is 594 g/mol. The van der Waals surface area contributed by atoms with E-state index in [1.165, 1.54) is 18.3 Å². The molecule has 0 spiro atoms. The number of halogens is 10. The van der Waals surface area contributed by atoms with Gasteiger partial charge in [0.1, 0.15) is 11.5 Å².